The predicted octanol–water partition coefficient (Wildman–Crippen LogP) is 4.80. The number of benzene rings is 1. The van der Waals surface area contributed by atoms with Crippen molar-refractivity contribution in [1.82, 2.24) is 0 Å². The molecular weight excluding hydrogens is 335 g/mol. The zero-order chi connectivity index (χ0) is 13.2. The molecule has 0 amide bonds. The summed E-state index contributed by atoms with van der Waals surface area (Å²) in [7, 11) is 0. The van der Waals surface area contributed by atoms with Gasteiger partial charge in [0, 0.05) is 28.1 Å². The van der Waals surface area contributed by atoms with Gasteiger partial charge in [0.15, 0.2) is 0 Å². The third-order valence-electron chi connectivity index (χ3n) is 3.71. The third-order valence-corrected chi connectivity index (χ3v) is 5.30. The number of fused-ring (bicyclic) bond motifs is 1. The standard InChI is InChI=1S/C14H17BrCl2O/c1-2-14(8-16,9-17)7-11-6-12(15)5-10-3-4-18-13(10)11/h5-6H,2-4,7-9H2,1H3. The molecule has 1 nitrogen and oxygen atoms in total. The Bertz CT molecular complexity index is 422. The van der Waals surface area contributed by atoms with E-state index in [1.54, 1.807) is 0 Å². The van der Waals surface area contributed by atoms with Crippen molar-refractivity contribution in [3.05, 3.63) is 27.7 Å². The van der Waals surface area contributed by atoms with Crippen LogP contribution in [0.3, 0.4) is 0 Å². The van der Waals surface area contributed by atoms with Gasteiger partial charge < -0.3 is 4.74 Å². The first-order valence-corrected chi connectivity index (χ1v) is 8.06. The highest BCUT2D eigenvalue weighted by Crippen LogP contribution is 2.39. The van der Waals surface area contributed by atoms with E-state index in [1.165, 1.54) is 11.1 Å². The van der Waals surface area contributed by atoms with Gasteiger partial charge in [-0.05, 0) is 36.1 Å². The molecule has 0 radical (unpaired) electrons. The van der Waals surface area contributed by atoms with Crippen LogP contribution in [0.5, 0.6) is 5.75 Å². The van der Waals surface area contributed by atoms with Crippen LogP contribution in [-0.2, 0) is 12.8 Å². The van der Waals surface area contributed by atoms with Gasteiger partial charge in [-0.2, -0.15) is 0 Å². The molecule has 4 heteroatoms. The molecule has 0 spiro atoms. The Morgan fingerprint density at radius 1 is 1.33 bits per heavy atom. The van der Waals surface area contributed by atoms with E-state index in [0.717, 1.165) is 36.1 Å². The van der Waals surface area contributed by atoms with E-state index in [4.69, 9.17) is 27.9 Å². The van der Waals surface area contributed by atoms with Crippen LogP contribution in [0.1, 0.15) is 24.5 Å². The average Bonchev–Trinajstić information content (AvgIpc) is 2.84. The number of rotatable bonds is 5. The van der Waals surface area contributed by atoms with Gasteiger partial charge in [-0.1, -0.05) is 22.9 Å². The molecule has 1 heterocycles. The molecule has 0 bridgehead atoms. The lowest BCUT2D eigenvalue weighted by molar-refractivity contribution is 0.331. The molecule has 0 saturated carbocycles. The first-order valence-electron chi connectivity index (χ1n) is 6.20. The zero-order valence-corrected chi connectivity index (χ0v) is 13.5. The Hall–Kier alpha value is 0.0800. The molecule has 1 aliphatic heterocycles. The van der Waals surface area contributed by atoms with E-state index in [2.05, 4.69) is 35.0 Å². The summed E-state index contributed by atoms with van der Waals surface area (Å²) in [4.78, 5) is 0. The SMILES string of the molecule is CCC(CCl)(CCl)Cc1cc(Br)cc2c1OCC2. The van der Waals surface area contributed by atoms with E-state index in [1.807, 2.05) is 0 Å². The molecule has 100 valence electrons. The van der Waals surface area contributed by atoms with Crippen LogP contribution in [-0.4, -0.2) is 18.4 Å². The molecule has 0 aliphatic carbocycles. The molecule has 0 N–H and O–H groups in total. The fourth-order valence-electron chi connectivity index (χ4n) is 2.33. The summed E-state index contributed by atoms with van der Waals surface area (Å²) in [5.74, 6) is 2.20. The molecule has 18 heavy (non-hydrogen) atoms. The maximum Gasteiger partial charge on any atom is 0.125 e. The molecule has 1 aromatic carbocycles. The first-order chi connectivity index (χ1) is 8.64. The Labute approximate surface area is 127 Å². The van der Waals surface area contributed by atoms with Gasteiger partial charge in [-0.15, -0.1) is 23.2 Å². The summed E-state index contributed by atoms with van der Waals surface area (Å²) in [6.07, 6.45) is 2.84. The number of hydrogen-bond donors (Lipinski definition) is 0. The van der Waals surface area contributed by atoms with Crippen molar-refractivity contribution in [2.24, 2.45) is 5.41 Å². The molecule has 1 aromatic rings. The quantitative estimate of drug-likeness (QED) is 0.692. The first kappa shape index (κ1) is 14.5. The second-order valence-corrected chi connectivity index (χ2v) is 6.40. The highest BCUT2D eigenvalue weighted by Gasteiger charge is 2.29. The topological polar surface area (TPSA) is 9.23 Å². The van der Waals surface area contributed by atoms with Crippen molar-refractivity contribution in [3.8, 4) is 5.75 Å². The van der Waals surface area contributed by atoms with Gasteiger partial charge in [0.2, 0.25) is 0 Å². The van der Waals surface area contributed by atoms with Gasteiger partial charge >= 0.3 is 0 Å². The van der Waals surface area contributed by atoms with Crippen molar-refractivity contribution in [3.63, 3.8) is 0 Å². The van der Waals surface area contributed by atoms with Crippen LogP contribution in [0.4, 0.5) is 0 Å². The number of halogens is 3. The zero-order valence-electron chi connectivity index (χ0n) is 10.4. The Kier molecular flexibility index (Phi) is 4.85. The average molecular weight is 352 g/mol. The molecule has 0 atom stereocenters. The van der Waals surface area contributed by atoms with Crippen molar-refractivity contribution < 1.29 is 4.74 Å². The van der Waals surface area contributed by atoms with Crippen LogP contribution in [0.2, 0.25) is 0 Å². The monoisotopic (exact) mass is 350 g/mol. The molecule has 0 aromatic heterocycles. The summed E-state index contributed by atoms with van der Waals surface area (Å²) in [6.45, 7) is 2.92. The number of ether oxygens (including phenoxy) is 1. The molecule has 2 rings (SSSR count). The van der Waals surface area contributed by atoms with Gasteiger partial charge in [0.05, 0.1) is 6.61 Å². The minimum Gasteiger partial charge on any atom is -0.493 e. The normalized spacial score (nSPS) is 14.4. The summed E-state index contributed by atoms with van der Waals surface area (Å²) < 4.78 is 6.86. The minimum absolute atomic E-state index is 0.0381. The lowest BCUT2D eigenvalue weighted by atomic mass is 9.82. The maximum atomic E-state index is 6.13. The van der Waals surface area contributed by atoms with Crippen molar-refractivity contribution >= 4 is 39.1 Å². The number of hydrogen-bond acceptors (Lipinski definition) is 1. The highest BCUT2D eigenvalue weighted by molar-refractivity contribution is 9.10. The van der Waals surface area contributed by atoms with Crippen molar-refractivity contribution in [1.29, 1.82) is 0 Å². The van der Waals surface area contributed by atoms with E-state index in [9.17, 15) is 0 Å². The molecule has 0 unspecified atom stereocenters. The fourth-order valence-corrected chi connectivity index (χ4v) is 3.73. The van der Waals surface area contributed by atoms with Crippen molar-refractivity contribution in [2.45, 2.75) is 26.2 Å². The summed E-state index contributed by atoms with van der Waals surface area (Å²) in [6, 6.07) is 4.27. The van der Waals surface area contributed by atoms with Crippen LogP contribution >= 0.6 is 39.1 Å². The highest BCUT2D eigenvalue weighted by atomic mass is 79.9. The second-order valence-electron chi connectivity index (χ2n) is 4.95. The Morgan fingerprint density at radius 3 is 2.67 bits per heavy atom. The Balaban J connectivity index is 2.34. The molecule has 1 aliphatic rings. The molecule has 0 saturated heterocycles. The fraction of sp³-hybridized carbons (Fsp3) is 0.571. The van der Waals surface area contributed by atoms with Crippen LogP contribution in [0.25, 0.3) is 0 Å². The van der Waals surface area contributed by atoms with Crippen LogP contribution in [0.15, 0.2) is 16.6 Å². The lowest BCUT2D eigenvalue weighted by Crippen LogP contribution is -2.27. The van der Waals surface area contributed by atoms with Crippen LogP contribution in [0, 0.1) is 5.41 Å². The van der Waals surface area contributed by atoms with E-state index in [-0.39, 0.29) is 5.41 Å². The van der Waals surface area contributed by atoms with Gasteiger partial charge in [-0.25, -0.2) is 0 Å². The summed E-state index contributed by atoms with van der Waals surface area (Å²) >= 11 is 15.8. The van der Waals surface area contributed by atoms with Gasteiger partial charge in [-0.3, -0.25) is 0 Å². The number of alkyl halides is 2. The molecule has 0 fully saturated rings. The van der Waals surface area contributed by atoms with Gasteiger partial charge in [0.1, 0.15) is 5.75 Å². The second kappa shape index (κ2) is 6.02. The maximum absolute atomic E-state index is 6.13. The van der Waals surface area contributed by atoms with E-state index >= 15 is 0 Å². The largest absolute Gasteiger partial charge is 0.493 e. The molecular formula is C14H17BrCl2O. The van der Waals surface area contributed by atoms with E-state index < -0.39 is 0 Å². The predicted molar refractivity (Wildman–Crippen MR) is 81.2 cm³/mol. The lowest BCUT2D eigenvalue weighted by Gasteiger charge is -2.29. The van der Waals surface area contributed by atoms with Crippen molar-refractivity contribution in [2.75, 3.05) is 18.4 Å². The minimum atomic E-state index is -0.0381. The summed E-state index contributed by atoms with van der Waals surface area (Å²) in [5, 5.41) is 0. The smallest absolute Gasteiger partial charge is 0.125 e. The third kappa shape index (κ3) is 2.81. The summed E-state index contributed by atoms with van der Waals surface area (Å²) in [5.41, 5.74) is 2.47. The van der Waals surface area contributed by atoms with Crippen LogP contribution < -0.4 is 4.74 Å². The Morgan fingerprint density at radius 2 is 2.06 bits per heavy atom. The van der Waals surface area contributed by atoms with Gasteiger partial charge in [0.25, 0.3) is 0 Å². The van der Waals surface area contributed by atoms with E-state index in [0.29, 0.717) is 11.8 Å².